The van der Waals surface area contributed by atoms with Gasteiger partial charge in [0.1, 0.15) is 0 Å². The zero-order valence-corrected chi connectivity index (χ0v) is 24.7. The van der Waals surface area contributed by atoms with E-state index in [9.17, 15) is 0 Å². The highest BCUT2D eigenvalue weighted by Gasteiger charge is 2.47. The number of benzene rings is 7. The topological polar surface area (TPSA) is 15.7 Å². The molecule has 45 heavy (non-hydrogen) atoms. The summed E-state index contributed by atoms with van der Waals surface area (Å²) in [7, 11) is 0. The summed E-state index contributed by atoms with van der Waals surface area (Å²) in [6, 6.07) is 52.9. The quantitative estimate of drug-likeness (QED) is 0.191. The molecule has 0 fully saturated rings. The van der Waals surface area contributed by atoms with Crippen molar-refractivity contribution >= 4 is 57.0 Å². The fourth-order valence-corrected chi connectivity index (χ4v) is 7.71. The summed E-state index contributed by atoms with van der Waals surface area (Å²) in [5.41, 5.74) is 14.6. The molecule has 7 aromatic carbocycles. The molecular weight excluding hydrogens is 547 g/mol. The van der Waals surface area contributed by atoms with Crippen molar-refractivity contribution in [2.24, 2.45) is 0 Å². The minimum atomic E-state index is -0.0353. The van der Waals surface area contributed by atoms with Gasteiger partial charge in [-0.25, -0.2) is 0 Å². The maximum Gasteiger partial charge on any atom is 0.333 e. The third kappa shape index (κ3) is 3.48. The lowest BCUT2D eigenvalue weighted by atomic mass is 9.43. The van der Waals surface area contributed by atoms with Crippen LogP contribution in [0, 0.1) is 6.92 Å². The van der Waals surface area contributed by atoms with Crippen LogP contribution in [-0.4, -0.2) is 6.85 Å². The van der Waals surface area contributed by atoms with E-state index in [1.165, 1.54) is 60.9 Å². The van der Waals surface area contributed by atoms with Gasteiger partial charge in [0.2, 0.25) is 0 Å². The van der Waals surface area contributed by atoms with Gasteiger partial charge in [0, 0.05) is 22.6 Å². The molecule has 210 valence electrons. The third-order valence-electron chi connectivity index (χ3n) is 9.62. The number of ether oxygens (including phenoxy) is 1. The fourth-order valence-electron chi connectivity index (χ4n) is 7.71. The molecule has 3 aliphatic heterocycles. The monoisotopic (exact) mass is 574 g/mol. The van der Waals surface area contributed by atoms with Gasteiger partial charge in [-0.15, -0.1) is 0 Å². The number of anilines is 5. The third-order valence-corrected chi connectivity index (χ3v) is 9.62. The number of hydrogen-bond acceptors (Lipinski definition) is 3. The fraction of sp³-hybridized carbons (Fsp3) is 0.0244. The van der Waals surface area contributed by atoms with E-state index in [4.69, 9.17) is 4.74 Å². The first-order valence-electron chi connectivity index (χ1n) is 15.6. The Morgan fingerprint density at radius 1 is 0.533 bits per heavy atom. The molecule has 0 unspecified atom stereocenters. The minimum absolute atomic E-state index is 0.0353. The van der Waals surface area contributed by atoms with Gasteiger partial charge in [0.25, 0.3) is 0 Å². The highest BCUT2D eigenvalue weighted by atomic mass is 16.5. The van der Waals surface area contributed by atoms with E-state index in [2.05, 4.69) is 156 Å². The Labute approximate surface area is 262 Å². The summed E-state index contributed by atoms with van der Waals surface area (Å²) in [5, 5.41) is 2.49. The molecule has 3 heterocycles. The molecule has 0 amide bonds. The highest BCUT2D eigenvalue weighted by molar-refractivity contribution is 6.93. The molecule has 0 aliphatic carbocycles. The first-order chi connectivity index (χ1) is 22.2. The Bertz CT molecular complexity index is 2330. The predicted molar refractivity (Wildman–Crippen MR) is 188 cm³/mol. The Morgan fingerprint density at radius 3 is 2.09 bits per heavy atom. The van der Waals surface area contributed by atoms with Gasteiger partial charge in [-0.3, -0.25) is 0 Å². The van der Waals surface area contributed by atoms with Gasteiger partial charge in [-0.05, 0) is 99.4 Å². The van der Waals surface area contributed by atoms with E-state index < -0.39 is 0 Å². The summed E-state index contributed by atoms with van der Waals surface area (Å²) >= 11 is 0. The summed E-state index contributed by atoms with van der Waals surface area (Å²) in [6.07, 6.45) is 0. The molecule has 4 heteroatoms. The zero-order chi connectivity index (χ0) is 29.6. The molecule has 0 bridgehead atoms. The van der Waals surface area contributed by atoms with Gasteiger partial charge in [-0.1, -0.05) is 97.1 Å². The van der Waals surface area contributed by atoms with Gasteiger partial charge in [0.05, 0.1) is 11.4 Å². The summed E-state index contributed by atoms with van der Waals surface area (Å²) in [6.45, 7) is 2.18. The van der Waals surface area contributed by atoms with Crippen molar-refractivity contribution in [2.75, 3.05) is 9.71 Å². The maximum atomic E-state index is 6.58. The molecule has 3 nitrogen and oxygen atoms in total. The van der Waals surface area contributed by atoms with Crippen molar-refractivity contribution in [3.8, 4) is 33.8 Å². The maximum absolute atomic E-state index is 6.58. The molecule has 0 saturated carbocycles. The van der Waals surface area contributed by atoms with E-state index in [0.29, 0.717) is 0 Å². The highest BCUT2D eigenvalue weighted by Crippen LogP contribution is 2.54. The van der Waals surface area contributed by atoms with Crippen LogP contribution in [0.1, 0.15) is 5.56 Å². The average Bonchev–Trinajstić information content (AvgIpc) is 3.09. The van der Waals surface area contributed by atoms with E-state index in [1.807, 2.05) is 6.07 Å². The van der Waals surface area contributed by atoms with E-state index in [1.54, 1.807) is 0 Å². The van der Waals surface area contributed by atoms with Crippen molar-refractivity contribution in [1.82, 2.24) is 0 Å². The first-order valence-corrected chi connectivity index (χ1v) is 15.6. The Kier molecular flexibility index (Phi) is 5.01. The second-order valence-corrected chi connectivity index (χ2v) is 12.2. The van der Waals surface area contributed by atoms with E-state index in [0.717, 1.165) is 28.6 Å². The molecule has 7 aromatic rings. The molecule has 0 saturated heterocycles. The Hall–Kier alpha value is -5.74. The summed E-state index contributed by atoms with van der Waals surface area (Å²) < 4.78 is 6.58. The molecule has 0 aromatic heterocycles. The van der Waals surface area contributed by atoms with Crippen molar-refractivity contribution in [3.05, 3.63) is 151 Å². The van der Waals surface area contributed by atoms with Gasteiger partial charge >= 0.3 is 6.85 Å². The molecule has 3 aliphatic rings. The number of fused-ring (bicyclic) bond motifs is 7. The van der Waals surface area contributed by atoms with Crippen LogP contribution in [0.25, 0.3) is 33.0 Å². The number of hydrogen-bond donors (Lipinski definition) is 0. The molecule has 10 rings (SSSR count). The lowest BCUT2D eigenvalue weighted by molar-refractivity contribution is 0.477. The Morgan fingerprint density at radius 2 is 1.24 bits per heavy atom. The molecule has 0 radical (unpaired) electrons. The van der Waals surface area contributed by atoms with Crippen molar-refractivity contribution in [3.63, 3.8) is 0 Å². The van der Waals surface area contributed by atoms with Crippen molar-refractivity contribution in [2.45, 2.75) is 6.92 Å². The second kappa shape index (κ2) is 9.14. The second-order valence-electron chi connectivity index (χ2n) is 12.2. The number of aryl methyl sites for hydroxylation is 1. The molecular formula is C41H27BN2O. The van der Waals surface area contributed by atoms with Crippen LogP contribution in [0.3, 0.4) is 0 Å². The summed E-state index contributed by atoms with van der Waals surface area (Å²) in [4.78, 5) is 5.00. The standard InChI is InChI=1S/C41H27BN2O/c1-26-22-33-32-24-29-12-5-6-13-30(29)25-36(32)44(31-20-18-28(19-21-31)27-10-3-2-4-11-27)42-34-14-9-17-39-41(34)43(37(23-26)40(33)42)35-15-7-8-16-38(35)45-39/h2-25H,1H3. The number of para-hydroxylation sites is 3. The Balaban J connectivity index is 1.29. The molecule has 0 atom stereocenters. The smallest absolute Gasteiger partial charge is 0.333 e. The lowest BCUT2D eigenvalue weighted by Gasteiger charge is -2.47. The normalized spacial score (nSPS) is 13.5. The molecule has 0 spiro atoms. The molecule has 0 N–H and O–H groups in total. The minimum Gasteiger partial charge on any atom is -0.453 e. The SMILES string of the molecule is Cc1cc2c3c(c1)N1c4ccccc4Oc4cccc(c41)B3N(c1ccc(-c3ccccc3)cc1)c1cc3ccccc3cc1-2. The van der Waals surface area contributed by atoms with Crippen LogP contribution >= 0.6 is 0 Å². The first kappa shape index (κ1) is 24.7. The van der Waals surface area contributed by atoms with Crippen LogP contribution in [-0.2, 0) is 0 Å². The van der Waals surface area contributed by atoms with Gasteiger partial charge in [0.15, 0.2) is 11.5 Å². The van der Waals surface area contributed by atoms with Crippen LogP contribution in [0.5, 0.6) is 11.5 Å². The van der Waals surface area contributed by atoms with Gasteiger partial charge < -0.3 is 14.4 Å². The van der Waals surface area contributed by atoms with Crippen molar-refractivity contribution in [1.29, 1.82) is 0 Å². The van der Waals surface area contributed by atoms with Crippen LogP contribution < -0.4 is 25.4 Å². The zero-order valence-electron chi connectivity index (χ0n) is 24.7. The average molecular weight is 574 g/mol. The number of rotatable bonds is 2. The summed E-state index contributed by atoms with van der Waals surface area (Å²) in [5.74, 6) is 1.77. The van der Waals surface area contributed by atoms with Gasteiger partial charge in [-0.2, -0.15) is 0 Å². The van der Waals surface area contributed by atoms with Crippen LogP contribution in [0.2, 0.25) is 0 Å². The predicted octanol–water partition coefficient (Wildman–Crippen LogP) is 9.63. The van der Waals surface area contributed by atoms with Crippen LogP contribution in [0.4, 0.5) is 28.4 Å². The van der Waals surface area contributed by atoms with Crippen LogP contribution in [0.15, 0.2) is 146 Å². The number of nitrogens with zero attached hydrogens (tertiary/aromatic N) is 2. The lowest BCUT2D eigenvalue weighted by Crippen LogP contribution is -2.61. The largest absolute Gasteiger partial charge is 0.453 e. The van der Waals surface area contributed by atoms with Crippen molar-refractivity contribution < 1.29 is 4.74 Å². The van der Waals surface area contributed by atoms with E-state index >= 15 is 0 Å². The van der Waals surface area contributed by atoms with E-state index in [-0.39, 0.29) is 6.85 Å².